The van der Waals surface area contributed by atoms with Gasteiger partial charge in [-0.05, 0) is 5.16 Å². The highest BCUT2D eigenvalue weighted by Gasteiger charge is 2.13. The predicted octanol–water partition coefficient (Wildman–Crippen LogP) is 0.486. The highest BCUT2D eigenvalue weighted by atomic mass is 16.6. The maximum Gasteiger partial charge on any atom is 0.377 e. The van der Waals surface area contributed by atoms with Gasteiger partial charge in [-0.15, -0.1) is 0 Å². The fourth-order valence-corrected chi connectivity index (χ4v) is 0.753. The van der Waals surface area contributed by atoms with Crippen molar-refractivity contribution in [2.24, 2.45) is 0 Å². The van der Waals surface area contributed by atoms with E-state index in [1.165, 1.54) is 13.2 Å². The molecule has 1 heterocycles. The molecule has 0 unspecified atom stereocenters. The molecular formula is C8H11NO5. The summed E-state index contributed by atoms with van der Waals surface area (Å²) in [7, 11) is 2.82. The maximum atomic E-state index is 10.9. The summed E-state index contributed by atoms with van der Waals surface area (Å²) in [6.45, 7) is 0.796. The lowest BCUT2D eigenvalue weighted by molar-refractivity contribution is 0.0554. The monoisotopic (exact) mass is 201 g/mol. The second kappa shape index (κ2) is 5.23. The molecule has 6 nitrogen and oxygen atoms in total. The predicted molar refractivity (Wildman–Crippen MR) is 45.2 cm³/mol. The van der Waals surface area contributed by atoms with Gasteiger partial charge in [-0.1, -0.05) is 0 Å². The molecule has 1 aromatic heterocycles. The molecule has 1 rings (SSSR count). The normalized spacial score (nSPS) is 9.86. The topological polar surface area (TPSA) is 70.8 Å². The van der Waals surface area contributed by atoms with Crippen molar-refractivity contribution in [3.05, 3.63) is 11.8 Å². The molecule has 0 spiro atoms. The van der Waals surface area contributed by atoms with Crippen LogP contribution in [0, 0.1) is 0 Å². The first-order chi connectivity index (χ1) is 6.77. The third-order valence-corrected chi connectivity index (χ3v) is 1.41. The van der Waals surface area contributed by atoms with Crippen molar-refractivity contribution in [2.45, 2.75) is 0 Å². The van der Waals surface area contributed by atoms with Crippen LogP contribution in [0.2, 0.25) is 0 Å². The molecular weight excluding hydrogens is 190 g/mol. The fraction of sp³-hybridized carbons (Fsp3) is 0.500. The van der Waals surface area contributed by atoms with Gasteiger partial charge in [-0.3, -0.25) is 0 Å². The molecule has 0 N–H and O–H groups in total. The average Bonchev–Trinajstić information content (AvgIpc) is 2.66. The Labute approximate surface area is 80.7 Å². The van der Waals surface area contributed by atoms with E-state index in [0.717, 1.165) is 0 Å². The van der Waals surface area contributed by atoms with Crippen LogP contribution in [0.25, 0.3) is 0 Å². The number of carbonyl (C=O) groups excluding carboxylic acids is 1. The van der Waals surface area contributed by atoms with Crippen molar-refractivity contribution in [3.8, 4) is 5.88 Å². The molecule has 0 saturated heterocycles. The maximum absolute atomic E-state index is 10.9. The van der Waals surface area contributed by atoms with Crippen molar-refractivity contribution in [1.29, 1.82) is 0 Å². The fourth-order valence-electron chi connectivity index (χ4n) is 0.753. The Balaban J connectivity index is 2.46. The molecule has 0 aliphatic rings. The number of aromatic nitrogens is 1. The smallest absolute Gasteiger partial charge is 0.377 e. The number of rotatable bonds is 5. The van der Waals surface area contributed by atoms with Crippen molar-refractivity contribution in [2.75, 3.05) is 27.4 Å². The van der Waals surface area contributed by atoms with Crippen LogP contribution in [-0.4, -0.2) is 38.6 Å². The van der Waals surface area contributed by atoms with E-state index in [4.69, 9.17) is 9.47 Å². The van der Waals surface area contributed by atoms with Crippen LogP contribution in [0.5, 0.6) is 5.88 Å². The van der Waals surface area contributed by atoms with Crippen molar-refractivity contribution < 1.29 is 23.5 Å². The summed E-state index contributed by atoms with van der Waals surface area (Å²) in [5.41, 5.74) is 0. The van der Waals surface area contributed by atoms with Gasteiger partial charge in [0.1, 0.15) is 6.61 Å². The van der Waals surface area contributed by atoms with Crippen LogP contribution in [0.4, 0.5) is 0 Å². The van der Waals surface area contributed by atoms with E-state index in [1.54, 1.807) is 7.11 Å². The largest absolute Gasteiger partial charge is 0.473 e. The molecule has 14 heavy (non-hydrogen) atoms. The Morgan fingerprint density at radius 3 is 2.93 bits per heavy atom. The molecule has 0 aliphatic heterocycles. The summed E-state index contributed by atoms with van der Waals surface area (Å²) in [6.07, 6.45) is 0. The third kappa shape index (κ3) is 2.74. The highest BCUT2D eigenvalue weighted by molar-refractivity contribution is 5.86. The van der Waals surface area contributed by atoms with Gasteiger partial charge in [-0.25, -0.2) is 4.79 Å². The first-order valence-corrected chi connectivity index (χ1v) is 3.94. The number of hydrogen-bond donors (Lipinski definition) is 0. The molecule has 6 heteroatoms. The molecule has 0 bridgehead atoms. The van der Waals surface area contributed by atoms with Gasteiger partial charge in [0.15, 0.2) is 0 Å². The van der Waals surface area contributed by atoms with Gasteiger partial charge in [0.05, 0.1) is 19.8 Å². The zero-order chi connectivity index (χ0) is 10.4. The molecule has 0 amide bonds. The van der Waals surface area contributed by atoms with Gasteiger partial charge in [0, 0.05) is 7.11 Å². The Hall–Kier alpha value is -1.56. The minimum Gasteiger partial charge on any atom is -0.473 e. The Morgan fingerprint density at radius 1 is 1.50 bits per heavy atom. The molecule has 0 fully saturated rings. The molecule has 0 aliphatic carbocycles. The molecule has 0 radical (unpaired) electrons. The zero-order valence-electron chi connectivity index (χ0n) is 7.98. The van der Waals surface area contributed by atoms with Crippen LogP contribution < -0.4 is 4.74 Å². The molecule has 0 saturated carbocycles. The Bertz CT molecular complexity index is 296. The molecule has 1 aromatic rings. The standard InChI is InChI=1S/C8H11NO5/c1-11-3-4-13-7-5-6(14-9-7)8(10)12-2/h5H,3-4H2,1-2H3. The van der Waals surface area contributed by atoms with E-state index in [1.807, 2.05) is 0 Å². The van der Waals surface area contributed by atoms with Crippen LogP contribution in [0.1, 0.15) is 10.6 Å². The van der Waals surface area contributed by atoms with E-state index in [0.29, 0.717) is 13.2 Å². The van der Waals surface area contributed by atoms with Crippen LogP contribution in [0.3, 0.4) is 0 Å². The lowest BCUT2D eigenvalue weighted by Crippen LogP contribution is -2.04. The summed E-state index contributed by atoms with van der Waals surface area (Å²) >= 11 is 0. The van der Waals surface area contributed by atoms with Crippen LogP contribution in [0.15, 0.2) is 10.6 Å². The Morgan fingerprint density at radius 2 is 2.29 bits per heavy atom. The van der Waals surface area contributed by atoms with Crippen LogP contribution in [-0.2, 0) is 9.47 Å². The van der Waals surface area contributed by atoms with Gasteiger partial charge in [-0.2, -0.15) is 0 Å². The molecule has 78 valence electrons. The third-order valence-electron chi connectivity index (χ3n) is 1.41. The minimum atomic E-state index is -0.584. The molecule has 0 atom stereocenters. The van der Waals surface area contributed by atoms with Crippen molar-refractivity contribution >= 4 is 5.97 Å². The number of esters is 1. The zero-order valence-corrected chi connectivity index (χ0v) is 7.98. The first kappa shape index (κ1) is 10.5. The van der Waals surface area contributed by atoms with Gasteiger partial charge >= 0.3 is 5.97 Å². The van der Waals surface area contributed by atoms with E-state index in [9.17, 15) is 4.79 Å². The van der Waals surface area contributed by atoms with Gasteiger partial charge < -0.3 is 18.7 Å². The first-order valence-electron chi connectivity index (χ1n) is 3.94. The number of methoxy groups -OCH3 is 2. The second-order valence-corrected chi connectivity index (χ2v) is 2.36. The highest BCUT2D eigenvalue weighted by Crippen LogP contribution is 2.11. The summed E-state index contributed by atoms with van der Waals surface area (Å²) in [4.78, 5) is 10.9. The Kier molecular flexibility index (Phi) is 3.93. The number of nitrogens with zero attached hydrogens (tertiary/aromatic N) is 1. The minimum absolute atomic E-state index is 0.0138. The van der Waals surface area contributed by atoms with Crippen molar-refractivity contribution in [3.63, 3.8) is 0 Å². The van der Waals surface area contributed by atoms with Crippen LogP contribution >= 0.6 is 0 Å². The van der Waals surface area contributed by atoms with E-state index in [-0.39, 0.29) is 11.6 Å². The summed E-state index contributed by atoms with van der Waals surface area (Å²) in [5, 5.41) is 3.50. The summed E-state index contributed by atoms with van der Waals surface area (Å²) in [6, 6.07) is 1.36. The quantitative estimate of drug-likeness (QED) is 0.510. The number of ether oxygens (including phenoxy) is 3. The number of hydrogen-bond acceptors (Lipinski definition) is 6. The summed E-state index contributed by atoms with van der Waals surface area (Å²) in [5.74, 6) is -0.332. The average molecular weight is 201 g/mol. The lowest BCUT2D eigenvalue weighted by atomic mass is 10.4. The molecule has 0 aromatic carbocycles. The number of carbonyl (C=O) groups is 1. The summed E-state index contributed by atoms with van der Waals surface area (Å²) < 4.78 is 18.9. The SMILES string of the molecule is COCCOc1cc(C(=O)OC)on1. The van der Waals surface area contributed by atoms with E-state index in [2.05, 4.69) is 14.4 Å². The second-order valence-electron chi connectivity index (χ2n) is 2.36. The van der Waals surface area contributed by atoms with Gasteiger partial charge in [0.2, 0.25) is 5.76 Å². The van der Waals surface area contributed by atoms with Crippen molar-refractivity contribution in [1.82, 2.24) is 5.16 Å². The lowest BCUT2D eigenvalue weighted by Gasteiger charge is -1.98. The van der Waals surface area contributed by atoms with E-state index < -0.39 is 5.97 Å². The van der Waals surface area contributed by atoms with E-state index >= 15 is 0 Å². The van der Waals surface area contributed by atoms with Gasteiger partial charge in [0.25, 0.3) is 5.88 Å².